The summed E-state index contributed by atoms with van der Waals surface area (Å²) in [7, 11) is 0. The monoisotopic (exact) mass is 306 g/mol. The van der Waals surface area contributed by atoms with Crippen molar-refractivity contribution in [1.82, 2.24) is 9.71 Å². The highest BCUT2D eigenvalue weighted by Crippen LogP contribution is 2.34. The lowest BCUT2D eigenvalue weighted by molar-refractivity contribution is 0.238. The number of benzene rings is 1. The predicted octanol–water partition coefficient (Wildman–Crippen LogP) is 5.03. The number of aromatic nitrogens is 1. The van der Waals surface area contributed by atoms with Gasteiger partial charge in [-0.3, -0.25) is 4.72 Å². The minimum absolute atomic E-state index is 0.613. The van der Waals surface area contributed by atoms with Crippen LogP contribution in [0.3, 0.4) is 0 Å². The van der Waals surface area contributed by atoms with Crippen molar-refractivity contribution in [3.8, 4) is 0 Å². The highest BCUT2D eigenvalue weighted by Gasteiger charge is 2.27. The first-order chi connectivity index (χ1) is 9.65. The Morgan fingerprint density at radius 1 is 1.25 bits per heavy atom. The van der Waals surface area contributed by atoms with Crippen LogP contribution in [0.4, 0.5) is 0 Å². The van der Waals surface area contributed by atoms with Crippen molar-refractivity contribution >= 4 is 33.5 Å². The second-order valence-corrected chi connectivity index (χ2v) is 8.15. The van der Waals surface area contributed by atoms with E-state index in [-0.39, 0.29) is 0 Å². The lowest BCUT2D eigenvalue weighted by Gasteiger charge is -2.34. The van der Waals surface area contributed by atoms with E-state index in [9.17, 15) is 0 Å². The highest BCUT2D eigenvalue weighted by molar-refractivity contribution is 7.99. The fourth-order valence-electron chi connectivity index (χ4n) is 3.14. The van der Waals surface area contributed by atoms with Gasteiger partial charge in [0, 0.05) is 6.04 Å². The zero-order valence-corrected chi connectivity index (χ0v) is 14.0. The molecule has 1 saturated carbocycles. The molecular formula is C16H22N2S2. The number of thiazole rings is 1. The molecule has 1 aliphatic rings. The summed E-state index contributed by atoms with van der Waals surface area (Å²) in [5, 5.41) is 0. The maximum atomic E-state index is 4.77. The van der Waals surface area contributed by atoms with E-state index in [4.69, 9.17) is 4.98 Å². The first-order valence-electron chi connectivity index (χ1n) is 7.43. The van der Waals surface area contributed by atoms with E-state index in [1.54, 1.807) is 23.3 Å². The van der Waals surface area contributed by atoms with Crippen LogP contribution in [0.15, 0.2) is 22.5 Å². The van der Waals surface area contributed by atoms with Gasteiger partial charge in [-0.2, -0.15) is 0 Å². The molecule has 20 heavy (non-hydrogen) atoms. The molecule has 0 saturated heterocycles. The third-order valence-corrected chi connectivity index (χ3v) is 6.40. The summed E-state index contributed by atoms with van der Waals surface area (Å²) in [5.74, 6) is 1.53. The second kappa shape index (κ2) is 6.04. The van der Waals surface area contributed by atoms with Gasteiger partial charge in [0.15, 0.2) is 4.34 Å². The molecule has 2 unspecified atom stereocenters. The minimum Gasteiger partial charge on any atom is -0.254 e. The van der Waals surface area contributed by atoms with E-state index >= 15 is 0 Å². The molecule has 2 atom stereocenters. The number of fused-ring (bicyclic) bond motifs is 1. The zero-order valence-electron chi connectivity index (χ0n) is 12.3. The molecule has 2 nitrogen and oxygen atoms in total. The van der Waals surface area contributed by atoms with Crippen LogP contribution in [0, 0.1) is 18.8 Å². The molecule has 0 radical (unpaired) electrons. The van der Waals surface area contributed by atoms with Crippen LogP contribution in [0.5, 0.6) is 0 Å². The number of para-hydroxylation sites is 1. The number of rotatable bonds is 3. The molecule has 1 aromatic carbocycles. The molecule has 1 aliphatic carbocycles. The molecular weight excluding hydrogens is 284 g/mol. The fraction of sp³-hybridized carbons (Fsp3) is 0.562. The average molecular weight is 307 g/mol. The molecule has 108 valence electrons. The van der Waals surface area contributed by atoms with E-state index < -0.39 is 0 Å². The van der Waals surface area contributed by atoms with Crippen LogP contribution in [-0.4, -0.2) is 11.0 Å². The molecule has 1 aromatic heterocycles. The van der Waals surface area contributed by atoms with Crippen LogP contribution < -0.4 is 4.72 Å². The SMILES string of the molecule is Cc1cccc2sc(SNC3C(C)CCCC3C)nc12. The maximum absolute atomic E-state index is 4.77. The average Bonchev–Trinajstić information content (AvgIpc) is 2.83. The Kier molecular flexibility index (Phi) is 4.34. The van der Waals surface area contributed by atoms with Crippen molar-refractivity contribution in [2.45, 2.75) is 50.4 Å². The van der Waals surface area contributed by atoms with Gasteiger partial charge in [-0.1, -0.05) is 32.4 Å². The van der Waals surface area contributed by atoms with Gasteiger partial charge >= 0.3 is 0 Å². The van der Waals surface area contributed by atoms with Crippen molar-refractivity contribution in [1.29, 1.82) is 0 Å². The molecule has 2 aromatic rings. The van der Waals surface area contributed by atoms with Crippen molar-refractivity contribution < 1.29 is 0 Å². The fourth-order valence-corrected chi connectivity index (χ4v) is 5.34. The van der Waals surface area contributed by atoms with Gasteiger partial charge in [0.05, 0.1) is 10.2 Å². The molecule has 3 rings (SSSR count). The van der Waals surface area contributed by atoms with E-state index in [1.807, 2.05) is 0 Å². The van der Waals surface area contributed by atoms with Crippen LogP contribution >= 0.6 is 23.3 Å². The number of hydrogen-bond acceptors (Lipinski definition) is 4. The summed E-state index contributed by atoms with van der Waals surface area (Å²) in [6, 6.07) is 7.02. The molecule has 1 N–H and O–H groups in total. The number of hydrogen-bond donors (Lipinski definition) is 1. The van der Waals surface area contributed by atoms with Gasteiger partial charge < -0.3 is 0 Å². The zero-order chi connectivity index (χ0) is 14.1. The van der Waals surface area contributed by atoms with E-state index in [2.05, 4.69) is 43.7 Å². The van der Waals surface area contributed by atoms with Gasteiger partial charge in [-0.05, 0) is 55.2 Å². The highest BCUT2D eigenvalue weighted by atomic mass is 32.2. The van der Waals surface area contributed by atoms with Crippen molar-refractivity contribution in [2.75, 3.05) is 0 Å². The molecule has 0 bridgehead atoms. The van der Waals surface area contributed by atoms with Gasteiger partial charge in [-0.15, -0.1) is 11.3 Å². The molecule has 0 spiro atoms. The number of nitrogens with zero attached hydrogens (tertiary/aromatic N) is 1. The van der Waals surface area contributed by atoms with E-state index in [0.717, 1.165) is 21.7 Å². The summed E-state index contributed by atoms with van der Waals surface area (Å²) in [6.07, 6.45) is 4.08. The third kappa shape index (κ3) is 2.87. The second-order valence-electron chi connectivity index (χ2n) is 6.03. The minimum atomic E-state index is 0.613. The van der Waals surface area contributed by atoms with Gasteiger partial charge in [0.2, 0.25) is 0 Å². The topological polar surface area (TPSA) is 24.9 Å². The normalized spacial score (nSPS) is 27.1. The van der Waals surface area contributed by atoms with Crippen LogP contribution in [0.2, 0.25) is 0 Å². The Bertz CT molecular complexity index is 583. The lowest BCUT2D eigenvalue weighted by atomic mass is 9.79. The molecule has 1 fully saturated rings. The third-order valence-electron chi connectivity index (χ3n) is 4.43. The summed E-state index contributed by atoms with van der Waals surface area (Å²) in [6.45, 7) is 6.88. The smallest absolute Gasteiger partial charge is 0.166 e. The largest absolute Gasteiger partial charge is 0.254 e. The summed E-state index contributed by atoms with van der Waals surface area (Å²) in [4.78, 5) is 4.77. The summed E-state index contributed by atoms with van der Waals surface area (Å²) < 4.78 is 6.11. The van der Waals surface area contributed by atoms with Gasteiger partial charge in [0.1, 0.15) is 0 Å². The Labute approximate surface area is 129 Å². The first kappa shape index (κ1) is 14.4. The Morgan fingerprint density at radius 2 is 2.00 bits per heavy atom. The Morgan fingerprint density at radius 3 is 2.70 bits per heavy atom. The van der Waals surface area contributed by atoms with Crippen molar-refractivity contribution in [2.24, 2.45) is 11.8 Å². The van der Waals surface area contributed by atoms with Crippen LogP contribution in [-0.2, 0) is 0 Å². The van der Waals surface area contributed by atoms with Crippen molar-refractivity contribution in [3.63, 3.8) is 0 Å². The van der Waals surface area contributed by atoms with Gasteiger partial charge in [-0.25, -0.2) is 4.98 Å². The van der Waals surface area contributed by atoms with Gasteiger partial charge in [0.25, 0.3) is 0 Å². The first-order valence-corrected chi connectivity index (χ1v) is 9.07. The maximum Gasteiger partial charge on any atom is 0.166 e. The standard InChI is InChI=1S/C16H22N2S2/c1-10-6-4-7-11(2)14(10)18-20-16-17-15-12(3)8-5-9-13(15)19-16/h5,8-11,14,18H,4,6-7H2,1-3H3. The van der Waals surface area contributed by atoms with Crippen LogP contribution in [0.25, 0.3) is 10.2 Å². The lowest BCUT2D eigenvalue weighted by Crippen LogP contribution is -2.39. The Balaban J connectivity index is 1.72. The Hall–Kier alpha value is -0.580. The summed E-state index contributed by atoms with van der Waals surface area (Å²) in [5.41, 5.74) is 2.43. The van der Waals surface area contributed by atoms with Crippen molar-refractivity contribution in [3.05, 3.63) is 23.8 Å². The van der Waals surface area contributed by atoms with Crippen LogP contribution in [0.1, 0.15) is 38.7 Å². The molecule has 0 aliphatic heterocycles. The molecule has 4 heteroatoms. The molecule has 1 heterocycles. The number of aryl methyl sites for hydroxylation is 1. The number of nitrogens with one attached hydrogen (secondary N) is 1. The predicted molar refractivity (Wildman–Crippen MR) is 89.3 cm³/mol. The quantitative estimate of drug-likeness (QED) is 0.805. The van der Waals surface area contributed by atoms with E-state index in [1.165, 1.54) is 29.5 Å². The molecule has 0 amide bonds. The summed E-state index contributed by atoms with van der Waals surface area (Å²) >= 11 is 3.52. The van der Waals surface area contributed by atoms with E-state index in [0.29, 0.717) is 6.04 Å².